The van der Waals surface area contributed by atoms with Crippen molar-refractivity contribution in [2.45, 2.75) is 30.5 Å². The lowest BCUT2D eigenvalue weighted by Crippen LogP contribution is -2.29. The number of alkyl halides is 1. The summed E-state index contributed by atoms with van der Waals surface area (Å²) in [6.45, 7) is 4.27. The summed E-state index contributed by atoms with van der Waals surface area (Å²) in [5, 5.41) is 1.21. The third kappa shape index (κ3) is 2.95. The fraction of sp³-hybridized carbons (Fsp3) is 0.667. The molecule has 0 amide bonds. The molecule has 0 bridgehead atoms. The number of carbonyl (C=O) groups is 1. The highest BCUT2D eigenvalue weighted by atomic mass is 79.9. The van der Waals surface area contributed by atoms with E-state index in [2.05, 4.69) is 32.9 Å². The van der Waals surface area contributed by atoms with Crippen LogP contribution in [-0.2, 0) is 4.79 Å². The summed E-state index contributed by atoms with van der Waals surface area (Å²) < 4.78 is 0. The molecule has 3 nitrogen and oxygen atoms in total. The smallest absolute Gasteiger partial charge is 0.138 e. The SMILES string of the molecule is Cc1nc(C2CCN(C)CC2)sc1C(Br)C=O. The highest BCUT2D eigenvalue weighted by molar-refractivity contribution is 9.09. The molecule has 1 aliphatic rings. The number of rotatable bonds is 3. The molecule has 94 valence electrons. The van der Waals surface area contributed by atoms with Gasteiger partial charge in [-0.15, -0.1) is 11.3 Å². The topological polar surface area (TPSA) is 33.2 Å². The first-order chi connectivity index (χ1) is 8.11. The number of likely N-dealkylation sites (tertiary alicyclic amines) is 1. The van der Waals surface area contributed by atoms with Gasteiger partial charge in [0.1, 0.15) is 11.1 Å². The Hall–Kier alpha value is -0.260. The van der Waals surface area contributed by atoms with E-state index in [-0.39, 0.29) is 4.83 Å². The van der Waals surface area contributed by atoms with Crippen LogP contribution in [0.4, 0.5) is 0 Å². The Morgan fingerprint density at radius 2 is 2.18 bits per heavy atom. The van der Waals surface area contributed by atoms with E-state index in [1.165, 1.54) is 17.8 Å². The summed E-state index contributed by atoms with van der Waals surface area (Å²) in [7, 11) is 2.16. The first kappa shape index (κ1) is 13.2. The number of carbonyl (C=O) groups excluding carboxylic acids is 1. The predicted octanol–water partition coefficient (Wildman–Crippen LogP) is 2.90. The molecule has 1 saturated heterocycles. The van der Waals surface area contributed by atoms with Crippen molar-refractivity contribution >= 4 is 33.6 Å². The number of halogens is 1. The van der Waals surface area contributed by atoms with Crippen molar-refractivity contribution in [2.75, 3.05) is 20.1 Å². The zero-order valence-corrected chi connectivity index (χ0v) is 12.6. The van der Waals surface area contributed by atoms with E-state index in [1.54, 1.807) is 11.3 Å². The molecule has 2 heterocycles. The lowest BCUT2D eigenvalue weighted by Gasteiger charge is -2.27. The number of piperidine rings is 1. The van der Waals surface area contributed by atoms with Crippen molar-refractivity contribution < 1.29 is 4.79 Å². The Balaban J connectivity index is 2.14. The van der Waals surface area contributed by atoms with Gasteiger partial charge in [-0.1, -0.05) is 15.9 Å². The minimum absolute atomic E-state index is 0.194. The maximum atomic E-state index is 10.8. The Morgan fingerprint density at radius 1 is 1.53 bits per heavy atom. The molecule has 1 aromatic heterocycles. The van der Waals surface area contributed by atoms with E-state index in [0.29, 0.717) is 5.92 Å². The average Bonchev–Trinajstić information content (AvgIpc) is 2.71. The van der Waals surface area contributed by atoms with Gasteiger partial charge in [-0.3, -0.25) is 0 Å². The molecule has 1 fully saturated rings. The highest BCUT2D eigenvalue weighted by Gasteiger charge is 2.23. The summed E-state index contributed by atoms with van der Waals surface area (Å²) in [6, 6.07) is 0. The quantitative estimate of drug-likeness (QED) is 0.635. The summed E-state index contributed by atoms with van der Waals surface area (Å²) in [4.78, 5) is 18.7. The molecule has 0 aromatic carbocycles. The van der Waals surface area contributed by atoms with Crippen LogP contribution in [0.1, 0.15) is 39.2 Å². The summed E-state index contributed by atoms with van der Waals surface area (Å²) in [6.07, 6.45) is 3.28. The second kappa shape index (κ2) is 5.59. The molecule has 5 heteroatoms. The molecule has 0 spiro atoms. The highest BCUT2D eigenvalue weighted by Crippen LogP contribution is 2.36. The number of hydrogen-bond donors (Lipinski definition) is 0. The lowest BCUT2D eigenvalue weighted by atomic mass is 9.98. The average molecular weight is 317 g/mol. The normalized spacial score (nSPS) is 20.4. The largest absolute Gasteiger partial charge is 0.306 e. The van der Waals surface area contributed by atoms with Crippen molar-refractivity contribution in [2.24, 2.45) is 0 Å². The molecule has 1 atom stereocenters. The van der Waals surface area contributed by atoms with Gasteiger partial charge in [0.2, 0.25) is 0 Å². The van der Waals surface area contributed by atoms with E-state index >= 15 is 0 Å². The fourth-order valence-corrected chi connectivity index (χ4v) is 3.96. The lowest BCUT2D eigenvalue weighted by molar-refractivity contribution is -0.107. The van der Waals surface area contributed by atoms with Gasteiger partial charge in [0.15, 0.2) is 0 Å². The number of aldehydes is 1. The molecule has 2 rings (SSSR count). The first-order valence-corrected chi connectivity index (χ1v) is 7.60. The minimum atomic E-state index is -0.194. The third-order valence-electron chi connectivity index (χ3n) is 3.29. The Morgan fingerprint density at radius 3 is 2.76 bits per heavy atom. The van der Waals surface area contributed by atoms with Crippen LogP contribution in [0.3, 0.4) is 0 Å². The molecule has 17 heavy (non-hydrogen) atoms. The van der Waals surface area contributed by atoms with Crippen LogP contribution in [0.5, 0.6) is 0 Å². The van der Waals surface area contributed by atoms with E-state index in [1.807, 2.05) is 6.92 Å². The summed E-state index contributed by atoms with van der Waals surface area (Å²) in [5.41, 5.74) is 0.998. The molecule has 1 aromatic rings. The van der Waals surface area contributed by atoms with Gasteiger partial charge >= 0.3 is 0 Å². The number of thiazole rings is 1. The first-order valence-electron chi connectivity index (χ1n) is 5.87. The third-order valence-corrected chi connectivity index (χ3v) is 5.67. The van der Waals surface area contributed by atoms with Crippen LogP contribution < -0.4 is 0 Å². The number of hydrogen-bond acceptors (Lipinski definition) is 4. The van der Waals surface area contributed by atoms with Crippen LogP contribution in [-0.4, -0.2) is 36.3 Å². The van der Waals surface area contributed by atoms with Crippen molar-refractivity contribution in [1.82, 2.24) is 9.88 Å². The zero-order valence-electron chi connectivity index (χ0n) is 10.1. The van der Waals surface area contributed by atoms with Gasteiger partial charge in [0, 0.05) is 10.8 Å². The monoisotopic (exact) mass is 316 g/mol. The van der Waals surface area contributed by atoms with Crippen molar-refractivity contribution in [3.05, 3.63) is 15.6 Å². The van der Waals surface area contributed by atoms with E-state index in [0.717, 1.165) is 29.9 Å². The van der Waals surface area contributed by atoms with E-state index in [4.69, 9.17) is 0 Å². The summed E-state index contributed by atoms with van der Waals surface area (Å²) in [5.74, 6) is 0.579. The molecule has 0 radical (unpaired) electrons. The number of aromatic nitrogens is 1. The van der Waals surface area contributed by atoms with Gasteiger partial charge in [-0.05, 0) is 39.9 Å². The van der Waals surface area contributed by atoms with Gasteiger partial charge in [-0.25, -0.2) is 4.98 Å². The summed E-state index contributed by atoms with van der Waals surface area (Å²) >= 11 is 5.07. The van der Waals surface area contributed by atoms with Crippen LogP contribution in [0.25, 0.3) is 0 Å². The molecule has 0 aliphatic carbocycles. The van der Waals surface area contributed by atoms with Crippen molar-refractivity contribution in [3.8, 4) is 0 Å². The molecular weight excluding hydrogens is 300 g/mol. The number of nitrogens with zero attached hydrogens (tertiary/aromatic N) is 2. The van der Waals surface area contributed by atoms with Crippen LogP contribution in [0.2, 0.25) is 0 Å². The fourth-order valence-electron chi connectivity index (χ4n) is 2.18. The molecule has 1 unspecified atom stereocenters. The second-order valence-electron chi connectivity index (χ2n) is 4.62. The van der Waals surface area contributed by atoms with Gasteiger partial charge in [0.25, 0.3) is 0 Å². The number of aryl methyl sites for hydroxylation is 1. The van der Waals surface area contributed by atoms with Gasteiger partial charge < -0.3 is 9.69 Å². The van der Waals surface area contributed by atoms with E-state index in [9.17, 15) is 4.79 Å². The minimum Gasteiger partial charge on any atom is -0.306 e. The molecular formula is C12H17BrN2OS. The maximum Gasteiger partial charge on any atom is 0.138 e. The van der Waals surface area contributed by atoms with Crippen LogP contribution in [0, 0.1) is 6.92 Å². The Kier molecular flexibility index (Phi) is 4.33. The van der Waals surface area contributed by atoms with Crippen LogP contribution >= 0.6 is 27.3 Å². The van der Waals surface area contributed by atoms with Gasteiger partial charge in [0.05, 0.1) is 10.7 Å². The maximum absolute atomic E-state index is 10.8. The molecule has 1 aliphatic heterocycles. The molecule has 0 saturated carbocycles. The van der Waals surface area contributed by atoms with Crippen molar-refractivity contribution in [1.29, 1.82) is 0 Å². The van der Waals surface area contributed by atoms with E-state index < -0.39 is 0 Å². The second-order valence-corrected chi connectivity index (χ2v) is 6.67. The predicted molar refractivity (Wildman–Crippen MR) is 74.1 cm³/mol. The zero-order chi connectivity index (χ0) is 12.4. The standard InChI is InChI=1S/C12H17BrN2OS/c1-8-11(10(13)7-16)17-12(14-8)9-3-5-15(2)6-4-9/h7,9-10H,3-6H2,1-2H3. The molecule has 0 N–H and O–H groups in total. The Labute approximate surface area is 114 Å². The van der Waals surface area contributed by atoms with Crippen molar-refractivity contribution in [3.63, 3.8) is 0 Å². The van der Waals surface area contributed by atoms with Gasteiger partial charge in [-0.2, -0.15) is 0 Å². The Bertz CT molecular complexity index is 399. The van der Waals surface area contributed by atoms with Crippen LogP contribution in [0.15, 0.2) is 0 Å².